The van der Waals surface area contributed by atoms with E-state index in [1.807, 2.05) is 36.4 Å². The smallest absolute Gasteiger partial charge is 0.0122 e. The monoisotopic (exact) mass is 212 g/mol. The van der Waals surface area contributed by atoms with E-state index in [4.69, 9.17) is 0 Å². The molecule has 0 heterocycles. The third-order valence-electron chi connectivity index (χ3n) is 2.08. The first-order valence-electron chi connectivity index (χ1n) is 4.83. The minimum absolute atomic E-state index is 1.09. The molecule has 0 nitrogen and oxygen atoms in total. The molecule has 1 heteroatoms. The maximum atomic E-state index is 4.08. The maximum absolute atomic E-state index is 4.08. The van der Waals surface area contributed by atoms with Crippen molar-refractivity contribution in [2.45, 2.75) is 4.90 Å². The van der Waals surface area contributed by atoms with Gasteiger partial charge in [-0.25, -0.2) is 0 Å². The summed E-state index contributed by atoms with van der Waals surface area (Å²) in [6, 6.07) is 20.5. The third-order valence-corrected chi connectivity index (χ3v) is 3.07. The minimum atomic E-state index is 1.09. The van der Waals surface area contributed by atoms with E-state index in [1.165, 1.54) is 10.5 Å². The van der Waals surface area contributed by atoms with E-state index in [-0.39, 0.29) is 0 Å². The summed E-state index contributed by atoms with van der Waals surface area (Å²) in [5, 5.41) is 0. The molecular formula is C14H12S. The Morgan fingerprint density at radius 1 is 0.800 bits per heavy atom. The van der Waals surface area contributed by atoms with Crippen molar-refractivity contribution < 1.29 is 0 Å². The van der Waals surface area contributed by atoms with Crippen LogP contribution in [0.25, 0.3) is 4.91 Å². The van der Waals surface area contributed by atoms with Gasteiger partial charge in [0.05, 0.1) is 0 Å². The van der Waals surface area contributed by atoms with Crippen LogP contribution in [0.4, 0.5) is 0 Å². The van der Waals surface area contributed by atoms with Crippen LogP contribution in [0.5, 0.6) is 0 Å². The van der Waals surface area contributed by atoms with Crippen molar-refractivity contribution in [3.05, 3.63) is 72.8 Å². The predicted octanol–water partition coefficient (Wildman–Crippen LogP) is 4.45. The molecule has 2 aromatic rings. The molecule has 2 rings (SSSR count). The summed E-state index contributed by atoms with van der Waals surface area (Å²) in [4.78, 5) is 2.31. The van der Waals surface area contributed by atoms with Crippen molar-refractivity contribution in [2.75, 3.05) is 0 Å². The lowest BCUT2D eigenvalue weighted by Crippen LogP contribution is -1.77. The maximum Gasteiger partial charge on any atom is 0.0122 e. The lowest BCUT2D eigenvalue weighted by Gasteiger charge is -2.04. The highest BCUT2D eigenvalue weighted by atomic mass is 32.2. The van der Waals surface area contributed by atoms with Crippen LogP contribution in [-0.2, 0) is 0 Å². The summed E-state index contributed by atoms with van der Waals surface area (Å²) in [5.41, 5.74) is 1.19. The van der Waals surface area contributed by atoms with Crippen LogP contribution in [0.2, 0.25) is 0 Å². The van der Waals surface area contributed by atoms with Crippen molar-refractivity contribution in [2.24, 2.45) is 0 Å². The Labute approximate surface area is 94.7 Å². The van der Waals surface area contributed by atoms with Crippen molar-refractivity contribution >= 4 is 16.7 Å². The van der Waals surface area contributed by atoms with E-state index in [2.05, 4.69) is 30.8 Å². The lowest BCUT2D eigenvalue weighted by atomic mass is 10.2. The second-order valence-electron chi connectivity index (χ2n) is 3.20. The van der Waals surface area contributed by atoms with Gasteiger partial charge in [-0.2, -0.15) is 0 Å². The quantitative estimate of drug-likeness (QED) is 0.677. The molecule has 0 spiro atoms. The van der Waals surface area contributed by atoms with Crippen LogP contribution >= 0.6 is 11.8 Å². The zero-order chi connectivity index (χ0) is 10.5. The number of thioether (sulfide) groups is 1. The Balaban J connectivity index is 2.12. The molecule has 0 saturated carbocycles. The average molecular weight is 212 g/mol. The molecule has 0 radical (unpaired) electrons. The van der Waals surface area contributed by atoms with Crippen molar-refractivity contribution in [1.29, 1.82) is 0 Å². The Hall–Kier alpha value is -1.47. The number of hydrogen-bond donors (Lipinski definition) is 0. The van der Waals surface area contributed by atoms with E-state index in [1.54, 1.807) is 11.8 Å². The molecule has 0 fully saturated rings. The summed E-state index contributed by atoms with van der Waals surface area (Å²) >= 11 is 1.70. The molecule has 0 bridgehead atoms. The van der Waals surface area contributed by atoms with Gasteiger partial charge in [0.15, 0.2) is 0 Å². The largest absolute Gasteiger partial charge is 0.0901 e. The van der Waals surface area contributed by atoms with Gasteiger partial charge in [0, 0.05) is 9.80 Å². The molecule has 0 unspecified atom stereocenters. The average Bonchev–Trinajstić information content (AvgIpc) is 2.31. The Kier molecular flexibility index (Phi) is 3.25. The number of benzene rings is 2. The zero-order valence-electron chi connectivity index (χ0n) is 8.39. The first-order chi connectivity index (χ1) is 7.36. The molecular weight excluding hydrogens is 200 g/mol. The third kappa shape index (κ3) is 2.74. The summed E-state index contributed by atoms with van der Waals surface area (Å²) in [6.45, 7) is 4.08. The predicted molar refractivity (Wildman–Crippen MR) is 67.8 cm³/mol. The fourth-order valence-electron chi connectivity index (χ4n) is 1.31. The van der Waals surface area contributed by atoms with Crippen LogP contribution in [-0.4, -0.2) is 0 Å². The van der Waals surface area contributed by atoms with Gasteiger partial charge in [-0.05, 0) is 17.7 Å². The molecule has 0 aliphatic heterocycles. The molecule has 15 heavy (non-hydrogen) atoms. The molecule has 0 aromatic heterocycles. The van der Waals surface area contributed by atoms with Crippen LogP contribution < -0.4 is 0 Å². The first-order valence-corrected chi connectivity index (χ1v) is 5.65. The molecule has 0 atom stereocenters. The summed E-state index contributed by atoms with van der Waals surface area (Å²) in [6.07, 6.45) is 0. The summed E-state index contributed by atoms with van der Waals surface area (Å²) in [5.74, 6) is 0. The summed E-state index contributed by atoms with van der Waals surface area (Å²) < 4.78 is 0. The van der Waals surface area contributed by atoms with E-state index < -0.39 is 0 Å². The van der Waals surface area contributed by atoms with Crippen molar-refractivity contribution in [3.63, 3.8) is 0 Å². The molecule has 2 aromatic carbocycles. The van der Waals surface area contributed by atoms with E-state index in [0.717, 1.165) is 4.91 Å². The van der Waals surface area contributed by atoms with Gasteiger partial charge in [0.25, 0.3) is 0 Å². The zero-order valence-corrected chi connectivity index (χ0v) is 9.21. The lowest BCUT2D eigenvalue weighted by molar-refractivity contribution is 1.47. The minimum Gasteiger partial charge on any atom is -0.0901 e. The van der Waals surface area contributed by atoms with Gasteiger partial charge in [-0.15, -0.1) is 0 Å². The van der Waals surface area contributed by atoms with Gasteiger partial charge >= 0.3 is 0 Å². The van der Waals surface area contributed by atoms with Gasteiger partial charge in [-0.1, -0.05) is 66.9 Å². The fourth-order valence-corrected chi connectivity index (χ4v) is 2.15. The van der Waals surface area contributed by atoms with E-state index >= 15 is 0 Å². The van der Waals surface area contributed by atoms with Crippen LogP contribution in [0.15, 0.2) is 72.1 Å². The summed E-state index contributed by atoms with van der Waals surface area (Å²) in [7, 11) is 0. The molecule has 74 valence electrons. The SMILES string of the molecule is C=C(Sc1ccccc1)c1ccccc1. The van der Waals surface area contributed by atoms with Crippen LogP contribution in [0.3, 0.4) is 0 Å². The fraction of sp³-hybridized carbons (Fsp3) is 0. The topological polar surface area (TPSA) is 0 Å². The van der Waals surface area contributed by atoms with E-state index in [0.29, 0.717) is 0 Å². The van der Waals surface area contributed by atoms with Crippen molar-refractivity contribution in [3.8, 4) is 0 Å². The number of rotatable bonds is 3. The second kappa shape index (κ2) is 4.85. The van der Waals surface area contributed by atoms with Crippen molar-refractivity contribution in [1.82, 2.24) is 0 Å². The molecule has 0 amide bonds. The van der Waals surface area contributed by atoms with Gasteiger partial charge in [0.1, 0.15) is 0 Å². The molecule has 0 saturated heterocycles. The Morgan fingerprint density at radius 3 is 1.93 bits per heavy atom. The highest BCUT2D eigenvalue weighted by Crippen LogP contribution is 2.31. The van der Waals surface area contributed by atoms with Gasteiger partial charge in [0.2, 0.25) is 0 Å². The van der Waals surface area contributed by atoms with Gasteiger partial charge < -0.3 is 0 Å². The molecule has 0 aliphatic rings. The molecule has 0 aliphatic carbocycles. The van der Waals surface area contributed by atoms with Gasteiger partial charge in [-0.3, -0.25) is 0 Å². The Bertz CT molecular complexity index is 431. The normalized spacial score (nSPS) is 9.87. The second-order valence-corrected chi connectivity index (χ2v) is 4.37. The van der Waals surface area contributed by atoms with E-state index in [9.17, 15) is 0 Å². The Morgan fingerprint density at radius 2 is 1.33 bits per heavy atom. The first kappa shape index (κ1) is 10.1. The van der Waals surface area contributed by atoms with Crippen LogP contribution in [0.1, 0.15) is 5.56 Å². The number of hydrogen-bond acceptors (Lipinski definition) is 1. The highest BCUT2D eigenvalue weighted by molar-refractivity contribution is 8.08. The van der Waals surface area contributed by atoms with Crippen LogP contribution in [0, 0.1) is 0 Å². The molecule has 0 N–H and O–H groups in total. The highest BCUT2D eigenvalue weighted by Gasteiger charge is 1.99. The standard InChI is InChI=1S/C14H12S/c1-12(13-8-4-2-5-9-13)15-14-10-6-3-7-11-14/h2-11H,1H2.